The fourth-order valence-corrected chi connectivity index (χ4v) is 8.95. The van der Waals surface area contributed by atoms with E-state index < -0.39 is 109 Å². The molecule has 0 bridgehead atoms. The molecule has 0 aromatic heterocycles. The highest BCUT2D eigenvalue weighted by atomic mass is 16.3. The lowest BCUT2D eigenvalue weighted by Crippen LogP contribution is -2.66. The van der Waals surface area contributed by atoms with E-state index in [4.69, 9.17) is 11.5 Å². The van der Waals surface area contributed by atoms with Gasteiger partial charge in [0, 0.05) is 13.5 Å². The first kappa shape index (κ1) is 71.5. The Labute approximate surface area is 451 Å². The molecule has 440 valence electrons. The van der Waals surface area contributed by atoms with E-state index >= 15 is 0 Å². The van der Waals surface area contributed by atoms with Crippen molar-refractivity contribution in [2.75, 3.05) is 13.1 Å². The van der Waals surface area contributed by atoms with Crippen LogP contribution in [0.4, 0.5) is 0 Å². The summed E-state index contributed by atoms with van der Waals surface area (Å²) in [6.07, 6.45) is 7.26. The van der Waals surface area contributed by atoms with Crippen molar-refractivity contribution in [3.63, 3.8) is 0 Å². The zero-order valence-electron chi connectivity index (χ0n) is 48.6. The Hall–Kier alpha value is -3.54. The summed E-state index contributed by atoms with van der Waals surface area (Å²) in [4.78, 5) is 78.2. The molecule has 0 heterocycles. The van der Waals surface area contributed by atoms with Gasteiger partial charge in [-0.3, -0.25) is 50.0 Å². The monoisotopic (exact) mass is 1070 g/mol. The van der Waals surface area contributed by atoms with Crippen molar-refractivity contribution < 1.29 is 49.2 Å². The van der Waals surface area contributed by atoms with Crippen LogP contribution in [0.1, 0.15) is 187 Å². The van der Waals surface area contributed by atoms with Crippen molar-refractivity contribution in [2.24, 2.45) is 47.0 Å². The largest absolute Gasteiger partial charge is 0.377 e. The molecule has 0 aliphatic carbocycles. The molecule has 0 aromatic carbocycles. The van der Waals surface area contributed by atoms with E-state index in [1.54, 1.807) is 27.7 Å². The Morgan fingerprint density at radius 1 is 0.440 bits per heavy atom. The Morgan fingerprint density at radius 2 is 0.853 bits per heavy atom. The number of nitrogens with two attached hydrogens (primary N) is 2. The molecule has 0 fully saturated rings. The summed E-state index contributed by atoms with van der Waals surface area (Å²) >= 11 is 0. The number of amides is 6. The van der Waals surface area contributed by atoms with Gasteiger partial charge in [0.2, 0.25) is 35.4 Å². The predicted molar refractivity (Wildman–Crippen MR) is 296 cm³/mol. The zero-order chi connectivity index (χ0) is 57.5. The van der Waals surface area contributed by atoms with Crippen LogP contribution in [0.15, 0.2) is 0 Å². The molecule has 0 saturated heterocycles. The second kappa shape index (κ2) is 38.9. The summed E-state index contributed by atoms with van der Waals surface area (Å²) in [5, 5.41) is 72.8. The van der Waals surface area contributed by atoms with E-state index in [0.717, 1.165) is 25.7 Å². The highest BCUT2D eigenvalue weighted by Gasteiger charge is 2.38. The van der Waals surface area contributed by atoms with Gasteiger partial charge >= 0.3 is 0 Å². The molecular weight excluding hydrogens is 963 g/mol. The number of unbranched alkanes of at least 4 members (excludes halogenated alkanes) is 10. The first-order valence-corrected chi connectivity index (χ1v) is 28.3. The summed E-state index contributed by atoms with van der Waals surface area (Å²) in [7, 11) is 0. The second-order valence-electron chi connectivity index (χ2n) is 22.7. The van der Waals surface area contributed by atoms with Crippen molar-refractivity contribution in [3.05, 3.63) is 0 Å². The number of aliphatic hydroxyl groups excluding tert-OH is 4. The summed E-state index contributed by atoms with van der Waals surface area (Å²) < 4.78 is 0. The van der Waals surface area contributed by atoms with E-state index in [1.807, 2.05) is 55.4 Å². The van der Waals surface area contributed by atoms with Gasteiger partial charge in [-0.25, -0.2) is 0 Å². The van der Waals surface area contributed by atoms with Gasteiger partial charge in [-0.05, 0) is 67.7 Å². The average Bonchev–Trinajstić information content (AvgIpc) is 3.31. The fourth-order valence-electron chi connectivity index (χ4n) is 8.95. The third kappa shape index (κ3) is 29.1. The molecule has 0 aliphatic rings. The van der Waals surface area contributed by atoms with Crippen LogP contribution in [-0.4, -0.2) is 142 Å². The lowest BCUT2D eigenvalue weighted by Gasteiger charge is -2.40. The molecule has 17 N–H and O–H groups in total. The second-order valence-corrected chi connectivity index (χ2v) is 22.7. The molecule has 0 radical (unpaired) electrons. The Morgan fingerprint density at radius 3 is 1.25 bits per heavy atom. The molecule has 6 amide bonds. The number of nitrogens with one attached hydrogen (secondary N) is 9. The van der Waals surface area contributed by atoms with Crippen LogP contribution >= 0.6 is 0 Å². The number of carbonyl (C=O) groups is 6. The maximum absolute atomic E-state index is 13.9. The van der Waals surface area contributed by atoms with Gasteiger partial charge in [0.05, 0.1) is 36.6 Å². The molecule has 0 aliphatic heterocycles. The average molecular weight is 1070 g/mol. The number of hydrogen-bond donors (Lipinski definition) is 15. The van der Waals surface area contributed by atoms with Gasteiger partial charge in [-0.1, -0.05) is 148 Å². The maximum Gasteiger partial charge on any atom is 0.243 e. The molecular formula is C54H109N11O10. The van der Waals surface area contributed by atoms with Crippen molar-refractivity contribution in [2.45, 2.75) is 260 Å². The lowest BCUT2D eigenvalue weighted by atomic mass is 9.95. The Balaban J connectivity index is 5.92. The minimum absolute atomic E-state index is 0.303. The molecule has 0 rings (SSSR count). The minimum Gasteiger partial charge on any atom is -0.377 e. The van der Waals surface area contributed by atoms with Gasteiger partial charge in [0.1, 0.15) is 43.0 Å². The Kier molecular flexibility index (Phi) is 37.1. The topological polar surface area (TPSA) is 344 Å². The molecule has 0 unspecified atom stereocenters. The van der Waals surface area contributed by atoms with Crippen LogP contribution in [0.3, 0.4) is 0 Å². The van der Waals surface area contributed by atoms with Crippen LogP contribution < -0.4 is 59.3 Å². The molecule has 21 heteroatoms. The van der Waals surface area contributed by atoms with Gasteiger partial charge in [-0.15, -0.1) is 0 Å². The summed E-state index contributed by atoms with van der Waals surface area (Å²) in [5.74, 6) is -5.42. The fraction of sp³-hybridized carbons (Fsp3) is 0.889. The number of aliphatic hydroxyl groups is 4. The van der Waals surface area contributed by atoms with Gasteiger partial charge in [0.15, 0.2) is 0 Å². The summed E-state index contributed by atoms with van der Waals surface area (Å²) in [6.45, 7) is 26.0. The van der Waals surface area contributed by atoms with Crippen molar-refractivity contribution in [1.82, 2.24) is 47.9 Å². The van der Waals surface area contributed by atoms with E-state index in [1.165, 1.54) is 45.4 Å². The number of rotatable bonds is 43. The first-order chi connectivity index (χ1) is 35.1. The van der Waals surface area contributed by atoms with Crippen LogP contribution in [0, 0.1) is 35.5 Å². The maximum atomic E-state index is 13.9. The normalized spacial score (nSPS) is 16.9. The number of carbonyl (C=O) groups excluding carboxylic acids is 6. The van der Waals surface area contributed by atoms with Crippen LogP contribution in [-0.2, 0) is 28.8 Å². The van der Waals surface area contributed by atoms with Crippen molar-refractivity contribution >= 4 is 35.4 Å². The van der Waals surface area contributed by atoms with Crippen molar-refractivity contribution in [1.29, 1.82) is 0 Å². The Bertz CT molecular complexity index is 1620. The van der Waals surface area contributed by atoms with Gasteiger partial charge < -0.3 is 58.5 Å². The van der Waals surface area contributed by atoms with Crippen LogP contribution in [0.5, 0.6) is 0 Å². The third-order valence-corrected chi connectivity index (χ3v) is 13.7. The number of primary amides is 1. The van der Waals surface area contributed by atoms with E-state index in [2.05, 4.69) is 54.8 Å². The lowest BCUT2D eigenvalue weighted by molar-refractivity contribution is -0.133. The summed E-state index contributed by atoms with van der Waals surface area (Å²) in [5.41, 5.74) is 11.3. The first-order valence-electron chi connectivity index (χ1n) is 28.3. The molecule has 21 nitrogen and oxygen atoms in total. The van der Waals surface area contributed by atoms with Gasteiger partial charge in [0.25, 0.3) is 0 Å². The highest BCUT2D eigenvalue weighted by Crippen LogP contribution is 2.18. The third-order valence-electron chi connectivity index (χ3n) is 13.7. The highest BCUT2D eigenvalue weighted by molar-refractivity contribution is 5.93. The standard InChI is InChI=1S/C54H109N11O10/c1-15-16-17-18-19-20-21-22-23-26-29-57-40(67)30-39(47(56)68)59-49(70)41(31(2)3)61-51(72)43(33(6)7)63-53(74)45(35(10)11)65-54(75)46(36(12)13)64-52(73)44(34(8)9)62-50(71)42(32(4)5)60-48(69)38(58-37(14)66)27-24-25-28-55/h31-36,38-39,41-46,51-54,61,63-65,72-75H,15-30,55H2,1-14H3,(H2,56,68)(H,57,67)(H,58,66)(H,59,70)(H,60,69)(H,62,71)/t38-,39-,41+,42-,43+,44+,45+,46-,51-,52+,53+,54-/m0/s1. The van der Waals surface area contributed by atoms with Gasteiger partial charge in [-0.2, -0.15) is 0 Å². The molecule has 12 atom stereocenters. The van der Waals surface area contributed by atoms with Crippen LogP contribution in [0.25, 0.3) is 0 Å². The predicted octanol–water partition coefficient (Wildman–Crippen LogP) is 2.03. The zero-order valence-corrected chi connectivity index (χ0v) is 48.6. The SMILES string of the molecule is CCCCCCCCCCCCNC(=O)C[C@H](NC(=O)[C@H](N[C@@H](O)[C@H](N[C@H](O)[C@H](N[C@@H](O)[C@@H](N[C@H](O)[C@H](NC(=O)[C@@H](NC(=O)[C@H](CCCCN)NC(C)=O)C(C)C)C(C)C)C(C)C)C(C)C)C(C)C)C(C)C)C(N)=O. The number of hydrogen-bond acceptors (Lipinski definition) is 15. The minimum atomic E-state index is -1.42. The molecule has 0 aromatic rings. The van der Waals surface area contributed by atoms with Crippen molar-refractivity contribution in [3.8, 4) is 0 Å². The molecule has 75 heavy (non-hydrogen) atoms. The van der Waals surface area contributed by atoms with E-state index in [0.29, 0.717) is 32.4 Å². The van der Waals surface area contributed by atoms with Crippen LogP contribution in [0.2, 0.25) is 0 Å². The molecule has 0 spiro atoms. The summed E-state index contributed by atoms with van der Waals surface area (Å²) in [6, 6.07) is -7.64. The van der Waals surface area contributed by atoms with E-state index in [9.17, 15) is 49.2 Å². The quantitative estimate of drug-likeness (QED) is 0.0307. The van der Waals surface area contributed by atoms with E-state index in [-0.39, 0.29) is 41.9 Å². The molecule has 0 saturated carbocycles. The smallest absolute Gasteiger partial charge is 0.243 e.